The van der Waals surface area contributed by atoms with E-state index in [1.54, 1.807) is 0 Å². The largest absolute Gasteiger partial charge is 0.457 e. The third kappa shape index (κ3) is 42.6. The third-order valence-electron chi connectivity index (χ3n) is 16.8. The van der Waals surface area contributed by atoms with Crippen LogP contribution in [0.3, 0.4) is 0 Å². The van der Waals surface area contributed by atoms with Gasteiger partial charge < -0.3 is 64.2 Å². The van der Waals surface area contributed by atoms with Crippen molar-refractivity contribution in [2.45, 2.75) is 364 Å². The van der Waals surface area contributed by atoms with E-state index in [0.717, 1.165) is 57.8 Å². The summed E-state index contributed by atoms with van der Waals surface area (Å²) in [5.74, 6) is -0.375. The smallest absolute Gasteiger partial charge is 0.306 e. The van der Waals surface area contributed by atoms with Crippen molar-refractivity contribution in [1.29, 1.82) is 0 Å². The number of rotatable bonds is 59. The van der Waals surface area contributed by atoms with Crippen LogP contribution in [0.5, 0.6) is 0 Å². The second-order valence-electron chi connectivity index (χ2n) is 24.7. The molecule has 11 unspecified atom stereocenters. The molecule has 0 saturated carbocycles. The van der Waals surface area contributed by atoms with Gasteiger partial charge in [-0.1, -0.05) is 262 Å². The molecule has 85 heavy (non-hydrogen) atoms. The molecule has 14 heteroatoms. The highest BCUT2D eigenvalue weighted by Crippen LogP contribution is 2.27. The molecule has 2 aliphatic heterocycles. The Labute approximate surface area is 518 Å². The number of hydrogen-bond donors (Lipinski definition) is 7. The summed E-state index contributed by atoms with van der Waals surface area (Å²) in [5, 5.41) is 72.6. The van der Waals surface area contributed by atoms with Crippen molar-refractivity contribution in [3.63, 3.8) is 0 Å². The summed E-state index contributed by atoms with van der Waals surface area (Å²) in [6, 6.07) is 0. The number of unbranched alkanes of at least 4 members (excludes halogenated alkanes) is 37. The predicted octanol–water partition coefficient (Wildman–Crippen LogP) is 15.0. The molecule has 2 fully saturated rings. The zero-order chi connectivity index (χ0) is 61.5. The fraction of sp³-hybridized carbons (Fsp3) is 0.873. The van der Waals surface area contributed by atoms with Crippen molar-refractivity contribution >= 4 is 5.97 Å². The molecular weight excluding hydrogens is 1080 g/mol. The zero-order valence-electron chi connectivity index (χ0n) is 54.1. The number of esters is 1. The van der Waals surface area contributed by atoms with Gasteiger partial charge in [0.15, 0.2) is 12.6 Å². The first kappa shape index (κ1) is 79.0. The Bertz CT molecular complexity index is 1590. The van der Waals surface area contributed by atoms with Gasteiger partial charge in [-0.05, 0) is 77.0 Å². The maximum Gasteiger partial charge on any atom is 0.306 e. The van der Waals surface area contributed by atoms with Crippen LogP contribution in [-0.4, -0.2) is 142 Å². The van der Waals surface area contributed by atoms with E-state index in [1.165, 1.54) is 212 Å². The summed E-state index contributed by atoms with van der Waals surface area (Å²) in [5.41, 5.74) is 0. The van der Waals surface area contributed by atoms with Gasteiger partial charge in [-0.2, -0.15) is 0 Å². The Kier molecular flexibility index (Phi) is 53.1. The molecule has 0 aromatic heterocycles. The molecule has 11 atom stereocenters. The van der Waals surface area contributed by atoms with E-state index in [1.807, 2.05) is 0 Å². The van der Waals surface area contributed by atoms with Crippen LogP contribution in [0.25, 0.3) is 0 Å². The van der Waals surface area contributed by atoms with Crippen LogP contribution in [0.15, 0.2) is 48.6 Å². The molecule has 14 nitrogen and oxygen atoms in total. The molecular formula is C71H130O14. The SMILES string of the molecule is CCCCCCC/C=C\C/C=C\C/C=C\CCCCCCCCCCCCC(=O)OC(COCCCCCCCCCCCCCCCC/C=C\CCCCCCCCCC)COC1OC(COC2OC(CO)C(O)C(O)C2O)C(O)C(O)C1O. The molecule has 2 aliphatic rings. The van der Waals surface area contributed by atoms with E-state index in [4.69, 9.17) is 28.4 Å². The standard InChI is InChI=1S/C71H130O14/c1-3-5-7-9-11-13-15-17-19-21-23-25-27-29-31-33-35-37-39-41-43-45-47-49-51-53-55-80-57-60(58-81-70-69(79)67(77)65(75)62(85-70)59-82-71-68(78)66(76)64(74)61(56-72)84-71)83-63(73)54-52-50-48-46-44-42-40-38-36-34-32-30-28-26-24-22-20-18-16-14-12-10-8-6-4-2/h16,18,21-24,28,30,60-62,64-72,74-79H,3-15,17,19-20,25-27,29,31-59H2,1-2H3/b18-16-,23-21-,24-22-,30-28-. The predicted molar refractivity (Wildman–Crippen MR) is 344 cm³/mol. The summed E-state index contributed by atoms with van der Waals surface area (Å²) in [7, 11) is 0. The van der Waals surface area contributed by atoms with Gasteiger partial charge >= 0.3 is 5.97 Å². The topological polar surface area (TPSA) is 214 Å². The van der Waals surface area contributed by atoms with Gasteiger partial charge in [-0.15, -0.1) is 0 Å². The molecule has 0 aromatic rings. The van der Waals surface area contributed by atoms with E-state index in [-0.39, 0.29) is 25.6 Å². The highest BCUT2D eigenvalue weighted by molar-refractivity contribution is 5.69. The van der Waals surface area contributed by atoms with Gasteiger partial charge in [0.25, 0.3) is 0 Å². The Morgan fingerprint density at radius 1 is 0.388 bits per heavy atom. The number of ether oxygens (including phenoxy) is 6. The van der Waals surface area contributed by atoms with Crippen molar-refractivity contribution in [2.75, 3.05) is 33.0 Å². The van der Waals surface area contributed by atoms with Gasteiger partial charge in [0, 0.05) is 13.0 Å². The molecule has 0 spiro atoms. The van der Waals surface area contributed by atoms with Crippen LogP contribution in [0.1, 0.15) is 296 Å². The lowest BCUT2D eigenvalue weighted by molar-refractivity contribution is -0.332. The van der Waals surface area contributed by atoms with Crippen molar-refractivity contribution in [2.24, 2.45) is 0 Å². The highest BCUT2D eigenvalue weighted by atomic mass is 16.7. The number of carbonyl (C=O) groups excluding carboxylic acids is 1. The fourth-order valence-corrected chi connectivity index (χ4v) is 11.2. The third-order valence-corrected chi connectivity index (χ3v) is 16.8. The average molecular weight is 1210 g/mol. The highest BCUT2D eigenvalue weighted by Gasteiger charge is 2.47. The molecule has 0 amide bonds. The second-order valence-corrected chi connectivity index (χ2v) is 24.7. The number of carbonyl (C=O) groups is 1. The second kappa shape index (κ2) is 57.1. The minimum absolute atomic E-state index is 0.0616. The monoisotopic (exact) mass is 1210 g/mol. The number of hydrogen-bond acceptors (Lipinski definition) is 14. The molecule has 0 aromatic carbocycles. The number of aliphatic hydroxyl groups is 7. The molecule has 7 N–H and O–H groups in total. The zero-order valence-corrected chi connectivity index (χ0v) is 54.1. The molecule has 0 bridgehead atoms. The number of allylic oxidation sites excluding steroid dienone is 8. The van der Waals surface area contributed by atoms with E-state index in [0.29, 0.717) is 13.0 Å². The van der Waals surface area contributed by atoms with E-state index < -0.39 is 80.7 Å². The Hall–Kier alpha value is -2.05. The van der Waals surface area contributed by atoms with E-state index in [9.17, 15) is 40.5 Å². The number of aliphatic hydroxyl groups excluding tert-OH is 7. The van der Waals surface area contributed by atoms with Crippen LogP contribution in [0.4, 0.5) is 0 Å². The molecule has 0 aliphatic carbocycles. The van der Waals surface area contributed by atoms with E-state index in [2.05, 4.69) is 62.5 Å². The first-order chi connectivity index (χ1) is 41.6. The summed E-state index contributed by atoms with van der Waals surface area (Å²) in [4.78, 5) is 13.2. The van der Waals surface area contributed by atoms with Crippen LogP contribution in [-0.2, 0) is 33.2 Å². The molecule has 2 saturated heterocycles. The Morgan fingerprint density at radius 3 is 1.15 bits per heavy atom. The summed E-state index contributed by atoms with van der Waals surface area (Å²) < 4.78 is 34.6. The minimum atomic E-state index is -1.71. The van der Waals surface area contributed by atoms with Gasteiger partial charge in [-0.25, -0.2) is 0 Å². The van der Waals surface area contributed by atoms with Gasteiger partial charge in [0.1, 0.15) is 54.9 Å². The maximum absolute atomic E-state index is 13.2. The van der Waals surface area contributed by atoms with Gasteiger partial charge in [0.2, 0.25) is 0 Å². The lowest BCUT2D eigenvalue weighted by atomic mass is 9.98. The molecule has 0 radical (unpaired) electrons. The van der Waals surface area contributed by atoms with E-state index >= 15 is 0 Å². The molecule has 2 heterocycles. The van der Waals surface area contributed by atoms with Crippen LogP contribution >= 0.6 is 0 Å². The summed E-state index contributed by atoms with van der Waals surface area (Å²) in [6.07, 6.45) is 56.1. The molecule has 498 valence electrons. The quantitative estimate of drug-likeness (QED) is 0.0171. The lowest BCUT2D eigenvalue weighted by Gasteiger charge is -2.42. The fourth-order valence-electron chi connectivity index (χ4n) is 11.2. The first-order valence-corrected chi connectivity index (χ1v) is 35.2. The summed E-state index contributed by atoms with van der Waals surface area (Å²) in [6.45, 7) is 3.73. The van der Waals surface area contributed by atoms with Gasteiger partial charge in [0.05, 0.1) is 26.4 Å². The Balaban J connectivity index is 1.64. The normalized spacial score (nSPS) is 23.4. The minimum Gasteiger partial charge on any atom is -0.457 e. The molecule has 2 rings (SSSR count). The average Bonchev–Trinajstić information content (AvgIpc) is 3.68. The van der Waals surface area contributed by atoms with Crippen molar-refractivity contribution in [3.8, 4) is 0 Å². The maximum atomic E-state index is 13.2. The Morgan fingerprint density at radius 2 is 0.729 bits per heavy atom. The lowest BCUT2D eigenvalue weighted by Crippen LogP contribution is -2.61. The van der Waals surface area contributed by atoms with Crippen molar-refractivity contribution < 1.29 is 69.0 Å². The van der Waals surface area contributed by atoms with Crippen molar-refractivity contribution in [3.05, 3.63) is 48.6 Å². The van der Waals surface area contributed by atoms with Crippen LogP contribution in [0, 0.1) is 0 Å². The summed E-state index contributed by atoms with van der Waals surface area (Å²) >= 11 is 0. The van der Waals surface area contributed by atoms with Gasteiger partial charge in [-0.3, -0.25) is 4.79 Å². The van der Waals surface area contributed by atoms with Crippen LogP contribution in [0.2, 0.25) is 0 Å². The first-order valence-electron chi connectivity index (χ1n) is 35.2. The van der Waals surface area contributed by atoms with Crippen molar-refractivity contribution in [1.82, 2.24) is 0 Å². The van der Waals surface area contributed by atoms with Crippen LogP contribution < -0.4 is 0 Å².